The van der Waals surface area contributed by atoms with Crippen molar-refractivity contribution in [2.45, 2.75) is 32.6 Å². The van der Waals surface area contributed by atoms with Crippen molar-refractivity contribution in [1.82, 2.24) is 9.69 Å². The molecule has 0 aliphatic rings. The highest BCUT2D eigenvalue weighted by molar-refractivity contribution is 7.10. The lowest BCUT2D eigenvalue weighted by molar-refractivity contribution is -0.137. The molecule has 0 atom stereocenters. The number of rotatable bonds is 7. The molecule has 1 aromatic heterocycles. The number of ether oxygens (including phenoxy) is 1. The zero-order valence-corrected chi connectivity index (χ0v) is 17.9. The van der Waals surface area contributed by atoms with Crippen LogP contribution in [0.5, 0.6) is 11.5 Å². The Morgan fingerprint density at radius 2 is 1.94 bits per heavy atom. The number of anilines is 2. The molecule has 0 radical (unpaired) electrons. The van der Waals surface area contributed by atoms with Crippen molar-refractivity contribution in [3.05, 3.63) is 68.7 Å². The SMILES string of the molecule is CC(C)NCc1c(Nc2ccc(Oc3ccc(F)cc3Cl)cc2C(F)(F)F)s[nH]c1=O. The molecule has 0 fully saturated rings. The number of alkyl halides is 3. The first-order valence-electron chi connectivity index (χ1n) is 9.09. The van der Waals surface area contributed by atoms with Gasteiger partial charge in [-0.05, 0) is 47.9 Å². The van der Waals surface area contributed by atoms with Gasteiger partial charge in [0.1, 0.15) is 22.3 Å². The molecule has 0 aliphatic carbocycles. The van der Waals surface area contributed by atoms with Gasteiger partial charge in [0.05, 0.1) is 21.8 Å². The Kier molecular flexibility index (Phi) is 6.93. The van der Waals surface area contributed by atoms with E-state index in [1.807, 2.05) is 13.8 Å². The van der Waals surface area contributed by atoms with Crippen LogP contribution in [0.15, 0.2) is 41.2 Å². The lowest BCUT2D eigenvalue weighted by Crippen LogP contribution is -2.25. The Morgan fingerprint density at radius 1 is 1.19 bits per heavy atom. The molecule has 0 saturated heterocycles. The summed E-state index contributed by atoms with van der Waals surface area (Å²) >= 11 is 6.79. The predicted octanol–water partition coefficient (Wildman–Crippen LogP) is 6.28. The van der Waals surface area contributed by atoms with Crippen molar-refractivity contribution >= 4 is 33.8 Å². The second-order valence-electron chi connectivity index (χ2n) is 6.88. The molecule has 0 spiro atoms. The monoisotopic (exact) mass is 475 g/mol. The summed E-state index contributed by atoms with van der Waals surface area (Å²) in [5.41, 5.74) is -1.30. The summed E-state index contributed by atoms with van der Waals surface area (Å²) in [5.74, 6) is -0.709. The summed E-state index contributed by atoms with van der Waals surface area (Å²) in [5, 5.41) is 5.97. The van der Waals surface area contributed by atoms with Gasteiger partial charge in [-0.25, -0.2) is 4.39 Å². The summed E-state index contributed by atoms with van der Waals surface area (Å²) < 4.78 is 62.2. The largest absolute Gasteiger partial charge is 0.456 e. The first kappa shape index (κ1) is 23.1. The molecule has 5 nitrogen and oxygen atoms in total. The van der Waals surface area contributed by atoms with E-state index in [4.69, 9.17) is 16.3 Å². The zero-order chi connectivity index (χ0) is 22.8. The number of aromatic nitrogens is 1. The maximum absolute atomic E-state index is 13.7. The number of nitrogens with one attached hydrogen (secondary N) is 3. The van der Waals surface area contributed by atoms with Gasteiger partial charge in [-0.1, -0.05) is 25.4 Å². The van der Waals surface area contributed by atoms with Gasteiger partial charge in [0, 0.05) is 12.6 Å². The van der Waals surface area contributed by atoms with E-state index in [1.54, 1.807) is 0 Å². The minimum atomic E-state index is -4.70. The van der Waals surface area contributed by atoms with Gasteiger partial charge in [-0.3, -0.25) is 9.17 Å². The molecule has 166 valence electrons. The number of halogens is 5. The van der Waals surface area contributed by atoms with Crippen LogP contribution in [-0.4, -0.2) is 10.4 Å². The highest BCUT2D eigenvalue weighted by Crippen LogP contribution is 2.40. The van der Waals surface area contributed by atoms with E-state index in [-0.39, 0.29) is 45.4 Å². The standard InChI is InChI=1S/C20H18ClF4N3O2S/c1-10(2)26-9-13-18(29)28-31-19(13)27-16-5-4-12(8-14(16)20(23,24)25)30-17-6-3-11(22)7-15(17)21/h3-8,10,26-27H,9H2,1-2H3,(H,28,29). The average molecular weight is 476 g/mol. The molecular formula is C20H18ClF4N3O2S. The Bertz CT molecular complexity index is 1130. The van der Waals surface area contributed by atoms with E-state index >= 15 is 0 Å². The number of hydrogen-bond donors (Lipinski definition) is 3. The fourth-order valence-corrected chi connectivity index (χ4v) is 3.60. The van der Waals surface area contributed by atoms with E-state index in [9.17, 15) is 22.4 Å². The summed E-state index contributed by atoms with van der Waals surface area (Å²) in [4.78, 5) is 12.0. The average Bonchev–Trinajstić information content (AvgIpc) is 3.02. The van der Waals surface area contributed by atoms with E-state index in [2.05, 4.69) is 15.0 Å². The summed E-state index contributed by atoms with van der Waals surface area (Å²) in [6.45, 7) is 3.98. The summed E-state index contributed by atoms with van der Waals surface area (Å²) in [7, 11) is 0. The van der Waals surface area contributed by atoms with Gasteiger partial charge in [0.25, 0.3) is 5.56 Å². The van der Waals surface area contributed by atoms with Crippen LogP contribution in [-0.2, 0) is 12.7 Å². The molecule has 31 heavy (non-hydrogen) atoms. The minimum absolute atomic E-state index is 0.0165. The lowest BCUT2D eigenvalue weighted by atomic mass is 10.1. The molecule has 2 aromatic carbocycles. The Hall–Kier alpha value is -2.56. The van der Waals surface area contributed by atoms with E-state index in [1.165, 1.54) is 18.2 Å². The first-order valence-corrected chi connectivity index (χ1v) is 10.3. The topological polar surface area (TPSA) is 66.2 Å². The number of H-pyrrole nitrogens is 1. The van der Waals surface area contributed by atoms with Crippen LogP contribution in [0.3, 0.4) is 0 Å². The number of aromatic amines is 1. The number of hydrogen-bond acceptors (Lipinski definition) is 5. The molecule has 11 heteroatoms. The maximum Gasteiger partial charge on any atom is 0.418 e. The van der Waals surface area contributed by atoms with Crippen LogP contribution >= 0.6 is 23.1 Å². The van der Waals surface area contributed by atoms with Crippen molar-refractivity contribution in [2.75, 3.05) is 5.32 Å². The molecule has 0 amide bonds. The molecule has 3 rings (SSSR count). The van der Waals surface area contributed by atoms with E-state index in [0.29, 0.717) is 5.56 Å². The quantitative estimate of drug-likeness (QED) is 0.352. The molecule has 1 heterocycles. The van der Waals surface area contributed by atoms with Crippen molar-refractivity contribution in [1.29, 1.82) is 0 Å². The minimum Gasteiger partial charge on any atom is -0.456 e. The van der Waals surface area contributed by atoms with Gasteiger partial charge in [0.2, 0.25) is 0 Å². The van der Waals surface area contributed by atoms with Crippen molar-refractivity contribution in [3.8, 4) is 11.5 Å². The van der Waals surface area contributed by atoms with Gasteiger partial charge < -0.3 is 15.4 Å². The Labute approximate surface area is 184 Å². The van der Waals surface area contributed by atoms with E-state index in [0.717, 1.165) is 29.7 Å². The fraction of sp³-hybridized carbons (Fsp3) is 0.250. The highest BCUT2D eigenvalue weighted by atomic mass is 35.5. The third kappa shape index (κ3) is 5.78. The predicted molar refractivity (Wildman–Crippen MR) is 113 cm³/mol. The molecule has 0 saturated carbocycles. The number of benzene rings is 2. The first-order chi connectivity index (χ1) is 14.5. The van der Waals surface area contributed by atoms with Gasteiger partial charge >= 0.3 is 6.18 Å². The smallest absolute Gasteiger partial charge is 0.418 e. The van der Waals surface area contributed by atoms with Gasteiger partial charge in [0.15, 0.2) is 0 Å². The van der Waals surface area contributed by atoms with Crippen LogP contribution in [0.2, 0.25) is 5.02 Å². The second kappa shape index (κ2) is 9.29. The van der Waals surface area contributed by atoms with E-state index < -0.39 is 17.6 Å². The van der Waals surface area contributed by atoms with Gasteiger partial charge in [-0.15, -0.1) is 0 Å². The van der Waals surface area contributed by atoms with Crippen molar-refractivity contribution in [2.24, 2.45) is 0 Å². The molecular weight excluding hydrogens is 458 g/mol. The van der Waals surface area contributed by atoms with Crippen LogP contribution in [0.1, 0.15) is 25.0 Å². The van der Waals surface area contributed by atoms with Gasteiger partial charge in [-0.2, -0.15) is 13.2 Å². The van der Waals surface area contributed by atoms with Crippen LogP contribution in [0.4, 0.5) is 28.3 Å². The lowest BCUT2D eigenvalue weighted by Gasteiger charge is -2.17. The van der Waals surface area contributed by atoms with Crippen LogP contribution in [0.25, 0.3) is 0 Å². The molecule has 3 aromatic rings. The van der Waals surface area contributed by atoms with Crippen LogP contribution in [0, 0.1) is 5.82 Å². The Morgan fingerprint density at radius 3 is 2.58 bits per heavy atom. The molecule has 3 N–H and O–H groups in total. The zero-order valence-electron chi connectivity index (χ0n) is 16.4. The second-order valence-corrected chi connectivity index (χ2v) is 8.11. The summed E-state index contributed by atoms with van der Waals surface area (Å²) in [6, 6.07) is 6.72. The highest BCUT2D eigenvalue weighted by Gasteiger charge is 2.34. The Balaban J connectivity index is 1.92. The molecule has 0 aliphatic heterocycles. The van der Waals surface area contributed by atoms with Crippen molar-refractivity contribution in [3.63, 3.8) is 0 Å². The summed E-state index contributed by atoms with van der Waals surface area (Å²) in [6.07, 6.45) is -4.70. The normalized spacial score (nSPS) is 11.7. The third-order valence-electron chi connectivity index (χ3n) is 4.15. The van der Waals surface area contributed by atoms with Crippen molar-refractivity contribution < 1.29 is 22.3 Å². The fourth-order valence-electron chi connectivity index (χ4n) is 2.63. The third-order valence-corrected chi connectivity index (χ3v) is 5.28. The maximum atomic E-state index is 13.7. The molecule has 0 unspecified atom stereocenters. The van der Waals surface area contributed by atoms with Crippen LogP contribution < -0.4 is 20.9 Å². The molecule has 0 bridgehead atoms.